The number of carbonyl (C=O) groups is 1. The molecule has 22 heavy (non-hydrogen) atoms. The molecule has 0 aromatic heterocycles. The van der Waals surface area contributed by atoms with Crippen molar-refractivity contribution < 1.29 is 4.79 Å². The number of rotatable bonds is 2. The predicted molar refractivity (Wildman–Crippen MR) is 91.8 cm³/mol. The summed E-state index contributed by atoms with van der Waals surface area (Å²) in [6.07, 6.45) is 6.88. The summed E-state index contributed by atoms with van der Waals surface area (Å²) in [5.41, 5.74) is 1.91. The lowest BCUT2D eigenvalue weighted by Crippen LogP contribution is -2.56. The van der Waals surface area contributed by atoms with Crippen LogP contribution in [0.2, 0.25) is 0 Å². The number of halogens is 1. The van der Waals surface area contributed by atoms with Crippen LogP contribution in [0.25, 0.3) is 0 Å². The Morgan fingerprint density at radius 2 is 1.68 bits per heavy atom. The van der Waals surface area contributed by atoms with Crippen LogP contribution in [-0.4, -0.2) is 23.9 Å². The van der Waals surface area contributed by atoms with Gasteiger partial charge in [-0.3, -0.25) is 4.79 Å². The maximum Gasteiger partial charge on any atom is 0.254 e. The summed E-state index contributed by atoms with van der Waals surface area (Å²) in [5, 5.41) is 0. The van der Waals surface area contributed by atoms with E-state index in [1.54, 1.807) is 0 Å². The molecule has 5 rings (SSSR count). The summed E-state index contributed by atoms with van der Waals surface area (Å²) in [6.45, 7) is 2.03. The van der Waals surface area contributed by atoms with Gasteiger partial charge in [0.25, 0.3) is 5.91 Å². The molecule has 4 saturated carbocycles. The van der Waals surface area contributed by atoms with Gasteiger partial charge >= 0.3 is 0 Å². The Balaban J connectivity index is 1.60. The molecular weight excluding hydrogens is 338 g/mol. The Hall–Kier alpha value is -0.830. The first-order valence-electron chi connectivity index (χ1n) is 8.57. The summed E-state index contributed by atoms with van der Waals surface area (Å²) in [4.78, 5) is 15.1. The van der Waals surface area contributed by atoms with Crippen LogP contribution in [0.3, 0.4) is 0 Å². The summed E-state index contributed by atoms with van der Waals surface area (Å²) >= 11 is 3.55. The molecule has 3 heteroatoms. The van der Waals surface area contributed by atoms with Crippen molar-refractivity contribution in [3.8, 4) is 0 Å². The van der Waals surface area contributed by atoms with Crippen LogP contribution >= 0.6 is 15.9 Å². The summed E-state index contributed by atoms with van der Waals surface area (Å²) in [6, 6.07) is 6.41. The van der Waals surface area contributed by atoms with Gasteiger partial charge in [0.2, 0.25) is 0 Å². The fourth-order valence-corrected chi connectivity index (χ4v) is 6.06. The van der Waals surface area contributed by atoms with Crippen molar-refractivity contribution in [2.75, 3.05) is 7.05 Å². The van der Waals surface area contributed by atoms with Crippen LogP contribution in [0, 0.1) is 30.6 Å². The summed E-state index contributed by atoms with van der Waals surface area (Å²) < 4.78 is 1.02. The van der Waals surface area contributed by atoms with Crippen LogP contribution in [0.15, 0.2) is 22.7 Å². The zero-order valence-electron chi connectivity index (χ0n) is 13.4. The highest BCUT2D eigenvalue weighted by molar-refractivity contribution is 9.10. The highest BCUT2D eigenvalue weighted by Gasteiger charge is 2.50. The van der Waals surface area contributed by atoms with Crippen LogP contribution in [-0.2, 0) is 0 Å². The van der Waals surface area contributed by atoms with Crippen molar-refractivity contribution in [2.24, 2.45) is 23.7 Å². The molecule has 1 amide bonds. The molecule has 4 bridgehead atoms. The van der Waals surface area contributed by atoms with Gasteiger partial charge in [0.15, 0.2) is 0 Å². The fraction of sp³-hybridized carbons (Fsp3) is 0.632. The van der Waals surface area contributed by atoms with Gasteiger partial charge in [0.1, 0.15) is 0 Å². The predicted octanol–water partition coefficient (Wildman–Crippen LogP) is 4.65. The molecule has 0 heterocycles. The van der Waals surface area contributed by atoms with E-state index in [2.05, 4.69) is 20.8 Å². The van der Waals surface area contributed by atoms with Crippen LogP contribution < -0.4 is 0 Å². The molecule has 118 valence electrons. The zero-order valence-corrected chi connectivity index (χ0v) is 15.0. The van der Waals surface area contributed by atoms with Gasteiger partial charge in [-0.1, -0.05) is 22.0 Å². The Morgan fingerprint density at radius 3 is 2.27 bits per heavy atom. The molecule has 0 aliphatic heterocycles. The molecule has 0 radical (unpaired) electrons. The normalized spacial score (nSPS) is 35.7. The van der Waals surface area contributed by atoms with Gasteiger partial charge in [0, 0.05) is 23.1 Å². The van der Waals surface area contributed by atoms with E-state index in [1.165, 1.54) is 32.1 Å². The highest BCUT2D eigenvalue weighted by atomic mass is 79.9. The van der Waals surface area contributed by atoms with Crippen molar-refractivity contribution >= 4 is 21.8 Å². The number of hydrogen-bond acceptors (Lipinski definition) is 1. The molecule has 1 aromatic carbocycles. The third-order valence-electron chi connectivity index (χ3n) is 6.44. The average molecular weight is 362 g/mol. The smallest absolute Gasteiger partial charge is 0.254 e. The lowest BCUT2D eigenvalue weighted by atomic mass is 9.54. The molecule has 1 aromatic rings. The first kappa shape index (κ1) is 14.7. The van der Waals surface area contributed by atoms with Crippen molar-refractivity contribution in [3.05, 3.63) is 33.8 Å². The fourth-order valence-electron chi connectivity index (χ4n) is 5.69. The Kier molecular flexibility index (Phi) is 3.60. The van der Waals surface area contributed by atoms with Gasteiger partial charge in [-0.2, -0.15) is 0 Å². The molecular formula is C19H24BrNO. The monoisotopic (exact) mass is 361 g/mol. The highest BCUT2D eigenvalue weighted by Crippen LogP contribution is 2.55. The minimum absolute atomic E-state index is 0.205. The second-order valence-corrected chi connectivity index (χ2v) is 8.60. The lowest BCUT2D eigenvalue weighted by molar-refractivity contribution is -0.0491. The van der Waals surface area contributed by atoms with E-state index in [9.17, 15) is 4.79 Å². The second kappa shape index (κ2) is 5.36. The summed E-state index contributed by atoms with van der Waals surface area (Å²) in [7, 11) is 2.04. The van der Waals surface area contributed by atoms with Crippen LogP contribution in [0.5, 0.6) is 0 Å². The topological polar surface area (TPSA) is 20.3 Å². The maximum absolute atomic E-state index is 13.0. The van der Waals surface area contributed by atoms with Gasteiger partial charge in [0.05, 0.1) is 0 Å². The van der Waals surface area contributed by atoms with Crippen molar-refractivity contribution in [3.63, 3.8) is 0 Å². The van der Waals surface area contributed by atoms with Crippen molar-refractivity contribution in [2.45, 2.75) is 45.1 Å². The number of benzene rings is 1. The third kappa shape index (κ3) is 2.24. The molecule has 0 saturated heterocycles. The van der Waals surface area contributed by atoms with E-state index in [0.29, 0.717) is 6.04 Å². The third-order valence-corrected chi connectivity index (χ3v) is 7.30. The largest absolute Gasteiger partial charge is 0.338 e. The molecule has 0 spiro atoms. The van der Waals surface area contributed by atoms with Crippen LogP contribution in [0.4, 0.5) is 0 Å². The standard InChI is InChI=1S/C19H24BrNO/c1-11-16(4-3-5-17(11)20)19(22)21(2)18-14-7-12-6-13(9-14)10-15(18)8-12/h3-5,12-15,18H,6-10H2,1-2H3. The number of carbonyl (C=O) groups excluding carboxylic acids is 1. The SMILES string of the molecule is Cc1c(Br)cccc1C(=O)N(C)C1C2CC3CC(C2)CC1C3. The molecule has 0 atom stereocenters. The van der Waals surface area contributed by atoms with Gasteiger partial charge in [-0.15, -0.1) is 0 Å². The van der Waals surface area contributed by atoms with E-state index in [1.807, 2.05) is 32.2 Å². The van der Waals surface area contributed by atoms with Crippen molar-refractivity contribution in [1.29, 1.82) is 0 Å². The molecule has 4 fully saturated rings. The second-order valence-electron chi connectivity index (χ2n) is 7.75. The minimum Gasteiger partial charge on any atom is -0.338 e. The Morgan fingerprint density at radius 1 is 1.09 bits per heavy atom. The van der Waals surface area contributed by atoms with E-state index in [0.717, 1.165) is 39.3 Å². The minimum atomic E-state index is 0.205. The number of hydrogen-bond donors (Lipinski definition) is 0. The first-order valence-corrected chi connectivity index (χ1v) is 9.36. The molecule has 0 N–H and O–H groups in total. The molecule has 4 aliphatic rings. The van der Waals surface area contributed by atoms with E-state index >= 15 is 0 Å². The molecule has 0 unspecified atom stereocenters. The van der Waals surface area contributed by atoms with E-state index in [-0.39, 0.29) is 5.91 Å². The number of nitrogens with zero attached hydrogens (tertiary/aromatic N) is 1. The number of amides is 1. The maximum atomic E-state index is 13.0. The lowest BCUT2D eigenvalue weighted by Gasteiger charge is -2.56. The first-order chi connectivity index (χ1) is 10.5. The van der Waals surface area contributed by atoms with Gasteiger partial charge in [-0.05, 0) is 80.4 Å². The summed E-state index contributed by atoms with van der Waals surface area (Å²) in [5.74, 6) is 3.61. The van der Waals surface area contributed by atoms with Gasteiger partial charge in [-0.25, -0.2) is 0 Å². The zero-order chi connectivity index (χ0) is 15.4. The van der Waals surface area contributed by atoms with Gasteiger partial charge < -0.3 is 4.90 Å². The van der Waals surface area contributed by atoms with E-state index < -0.39 is 0 Å². The Bertz CT molecular complexity index is 583. The Labute approximate surface area is 141 Å². The molecule has 4 aliphatic carbocycles. The molecule has 2 nitrogen and oxygen atoms in total. The van der Waals surface area contributed by atoms with Crippen LogP contribution in [0.1, 0.15) is 48.0 Å². The van der Waals surface area contributed by atoms with E-state index in [4.69, 9.17) is 0 Å². The van der Waals surface area contributed by atoms with Crippen molar-refractivity contribution in [1.82, 2.24) is 4.90 Å². The quantitative estimate of drug-likeness (QED) is 0.750. The average Bonchev–Trinajstić information content (AvgIpc) is 2.48.